The van der Waals surface area contributed by atoms with Crippen molar-refractivity contribution in [1.29, 1.82) is 0 Å². The third-order valence-corrected chi connectivity index (χ3v) is 11.3. The molecule has 3 amide bonds. The predicted octanol–water partition coefficient (Wildman–Crippen LogP) is 3.65. The summed E-state index contributed by atoms with van der Waals surface area (Å²) in [7, 11) is 4.55. The van der Waals surface area contributed by atoms with Crippen molar-refractivity contribution in [3.63, 3.8) is 0 Å². The maximum absolute atomic E-state index is 14.2. The Morgan fingerprint density at radius 2 is 1.93 bits per heavy atom. The van der Waals surface area contributed by atoms with Gasteiger partial charge in [-0.15, -0.1) is 0 Å². The molecule has 4 aliphatic rings. The number of alkyl carbamates (subject to hydrolysis) is 1. The molecular weight excluding hydrogens is 720 g/mol. The summed E-state index contributed by atoms with van der Waals surface area (Å²) in [6.07, 6.45) is -0.452. The van der Waals surface area contributed by atoms with E-state index in [9.17, 15) is 29.4 Å². The molecule has 4 N–H and O–H groups in total. The van der Waals surface area contributed by atoms with Gasteiger partial charge in [-0.3, -0.25) is 20.2 Å². The fourth-order valence-corrected chi connectivity index (χ4v) is 7.66. The number of nitrogens with zero attached hydrogens (tertiary/aromatic N) is 2. The molecule has 2 aromatic rings. The minimum Gasteiger partial charge on any atom is -0.495 e. The first-order valence-corrected chi connectivity index (χ1v) is 18.2. The molecule has 6 rings (SSSR count). The lowest BCUT2D eigenvalue weighted by molar-refractivity contribution is -0.133. The molecule has 15 heteroatoms. The molecule has 290 valence electrons. The number of ether oxygens (including phenoxy) is 4. The van der Waals surface area contributed by atoms with Crippen molar-refractivity contribution in [3.05, 3.63) is 82.4 Å². The monoisotopic (exact) mass is 766 g/mol. The highest BCUT2D eigenvalue weighted by Crippen LogP contribution is 2.51. The van der Waals surface area contributed by atoms with Crippen molar-refractivity contribution < 1.29 is 48.3 Å². The van der Waals surface area contributed by atoms with Crippen molar-refractivity contribution in [2.45, 2.75) is 94.4 Å². The van der Waals surface area contributed by atoms with Crippen LogP contribution in [0.5, 0.6) is 5.75 Å². The second kappa shape index (κ2) is 15.3. The van der Waals surface area contributed by atoms with E-state index in [1.807, 2.05) is 37.3 Å². The highest BCUT2D eigenvalue weighted by atomic mass is 35.5. The van der Waals surface area contributed by atoms with E-state index in [1.54, 1.807) is 45.2 Å². The maximum Gasteiger partial charge on any atom is 0.410 e. The van der Waals surface area contributed by atoms with E-state index < -0.39 is 65.9 Å². The third-order valence-electron chi connectivity index (χ3n) is 11.0. The smallest absolute Gasteiger partial charge is 0.410 e. The van der Waals surface area contributed by atoms with Crippen molar-refractivity contribution in [3.8, 4) is 5.75 Å². The number of rotatable bonds is 6. The number of Topliss-reactive ketones (excluding diaryl/α,β-unsaturated/α-hetero) is 1. The quantitative estimate of drug-likeness (QED) is 0.314. The molecule has 54 heavy (non-hydrogen) atoms. The summed E-state index contributed by atoms with van der Waals surface area (Å²) in [5.74, 6) is -0.893. The molecule has 0 aromatic heterocycles. The average Bonchev–Trinajstić information content (AvgIpc) is 4.08. The molecule has 0 saturated carbocycles. The number of aliphatic hydroxyl groups excluding tert-OH is 1. The zero-order chi connectivity index (χ0) is 39.1. The van der Waals surface area contributed by atoms with E-state index in [0.717, 1.165) is 16.7 Å². The second-order valence-electron chi connectivity index (χ2n) is 14.7. The number of halogens is 1. The number of epoxide rings is 1. The first kappa shape index (κ1) is 39.2. The molecule has 1 unspecified atom stereocenters. The minimum atomic E-state index is -2.04. The molecular formula is C39H47ClN4O10. The number of amides is 3. The Morgan fingerprint density at radius 3 is 2.63 bits per heavy atom. The molecule has 0 radical (unpaired) electrons. The standard InChI is InChI=1S/C39H47ClN4O10/c1-21-11-10-14-29(45)39(50)18-28(53-36(48)42-39)22(2)33-35(54-33)38(19-30(46)44(5)26-16-25(15-21)17-27(51-6)31(26)40)34(41-38)32(47)23(3)43(4)37(49)52-20-24-12-8-7-9-13-24/h7-14,16-17,22-23,28-29,33-35,41,45,50H,15,18-20H2,1-6H3,(H,42,48)/b14-10+,21-11+/t22-,23+,28+,29-,33+,34+,35-,38?,39+/m1/s1. The van der Waals surface area contributed by atoms with Crippen LogP contribution in [0.25, 0.3) is 0 Å². The van der Waals surface area contributed by atoms with Crippen LogP contribution in [0.4, 0.5) is 15.3 Å². The fourth-order valence-electron chi connectivity index (χ4n) is 7.35. The number of fused-ring (bicyclic) bond motifs is 6. The number of nitrogens with one attached hydrogen (secondary N) is 2. The molecule has 3 saturated heterocycles. The van der Waals surface area contributed by atoms with Crippen LogP contribution in [-0.2, 0) is 36.8 Å². The number of hydrogen-bond acceptors (Lipinski definition) is 11. The Balaban J connectivity index is 1.31. The average molecular weight is 767 g/mol. The Morgan fingerprint density at radius 1 is 1.20 bits per heavy atom. The van der Waals surface area contributed by atoms with Crippen LogP contribution in [0, 0.1) is 5.92 Å². The number of anilines is 1. The van der Waals surface area contributed by atoms with Crippen molar-refractivity contribution in [1.82, 2.24) is 15.5 Å². The number of ketones is 1. The molecule has 4 heterocycles. The first-order chi connectivity index (χ1) is 25.6. The van der Waals surface area contributed by atoms with E-state index in [4.69, 9.17) is 30.5 Å². The van der Waals surface area contributed by atoms with E-state index in [-0.39, 0.29) is 36.2 Å². The van der Waals surface area contributed by atoms with E-state index >= 15 is 0 Å². The molecule has 3 fully saturated rings. The van der Waals surface area contributed by atoms with E-state index in [0.29, 0.717) is 17.9 Å². The Kier molecular flexibility index (Phi) is 11.1. The zero-order valence-electron chi connectivity index (χ0n) is 31.1. The molecule has 0 aliphatic carbocycles. The van der Waals surface area contributed by atoms with Crippen molar-refractivity contribution in [2.75, 3.05) is 26.1 Å². The summed E-state index contributed by atoms with van der Waals surface area (Å²) in [6.45, 7) is 5.28. The molecule has 9 atom stereocenters. The fraction of sp³-hybridized carbons (Fsp3) is 0.487. The van der Waals surface area contributed by atoms with Gasteiger partial charge in [0, 0.05) is 32.9 Å². The highest BCUT2D eigenvalue weighted by molar-refractivity contribution is 6.35. The van der Waals surface area contributed by atoms with Gasteiger partial charge >= 0.3 is 12.2 Å². The predicted molar refractivity (Wildman–Crippen MR) is 198 cm³/mol. The highest BCUT2D eigenvalue weighted by Gasteiger charge is 2.72. The van der Waals surface area contributed by atoms with Gasteiger partial charge in [-0.1, -0.05) is 72.7 Å². The second-order valence-corrected chi connectivity index (χ2v) is 15.1. The first-order valence-electron chi connectivity index (χ1n) is 17.8. The van der Waals surface area contributed by atoms with E-state index in [1.165, 1.54) is 30.0 Å². The van der Waals surface area contributed by atoms with Gasteiger partial charge in [-0.2, -0.15) is 0 Å². The van der Waals surface area contributed by atoms with Gasteiger partial charge in [0.05, 0.1) is 36.5 Å². The van der Waals surface area contributed by atoms with Gasteiger partial charge in [0.2, 0.25) is 5.91 Å². The zero-order valence-corrected chi connectivity index (χ0v) is 31.8. The number of methoxy groups -OCH3 is 1. The number of carbonyl (C=O) groups excluding carboxylic acids is 4. The Hall–Kier alpha value is -4.47. The van der Waals surface area contributed by atoms with Gasteiger partial charge < -0.3 is 39.0 Å². The van der Waals surface area contributed by atoms with Gasteiger partial charge in [0.25, 0.3) is 0 Å². The summed E-state index contributed by atoms with van der Waals surface area (Å²) in [4.78, 5) is 56.7. The van der Waals surface area contributed by atoms with Gasteiger partial charge in [0.15, 0.2) is 11.5 Å². The summed E-state index contributed by atoms with van der Waals surface area (Å²) in [5, 5.41) is 28.3. The number of likely N-dealkylation sites (N-methyl/N-ethyl adjacent to an activating group) is 1. The Bertz CT molecular complexity index is 1860. The molecule has 4 aliphatic heterocycles. The van der Waals surface area contributed by atoms with Crippen LogP contribution in [-0.4, -0.2) is 108 Å². The van der Waals surface area contributed by atoms with Crippen LogP contribution in [0.1, 0.15) is 44.7 Å². The summed E-state index contributed by atoms with van der Waals surface area (Å²) >= 11 is 6.77. The van der Waals surface area contributed by atoms with Gasteiger partial charge in [0.1, 0.15) is 35.7 Å². The van der Waals surface area contributed by atoms with Crippen molar-refractivity contribution >= 4 is 41.2 Å². The van der Waals surface area contributed by atoms with Crippen LogP contribution in [0.15, 0.2) is 66.3 Å². The van der Waals surface area contributed by atoms with Crippen LogP contribution < -0.4 is 20.3 Å². The topological polar surface area (TPSA) is 189 Å². The lowest BCUT2D eigenvalue weighted by atomic mass is 9.83. The lowest BCUT2D eigenvalue weighted by Crippen LogP contribution is -2.63. The summed E-state index contributed by atoms with van der Waals surface area (Å²) < 4.78 is 22.8. The number of hydrogen-bond donors (Lipinski definition) is 4. The molecule has 4 bridgehead atoms. The number of aliphatic hydroxyl groups is 2. The minimum absolute atomic E-state index is 0.0287. The summed E-state index contributed by atoms with van der Waals surface area (Å²) in [5.41, 5.74) is -0.390. The third kappa shape index (κ3) is 7.85. The Labute approximate surface area is 319 Å². The van der Waals surface area contributed by atoms with Crippen LogP contribution in [0.3, 0.4) is 0 Å². The van der Waals surface area contributed by atoms with Crippen LogP contribution >= 0.6 is 11.6 Å². The largest absolute Gasteiger partial charge is 0.495 e. The van der Waals surface area contributed by atoms with Gasteiger partial charge in [-0.05, 0) is 43.5 Å². The van der Waals surface area contributed by atoms with E-state index in [2.05, 4.69) is 10.6 Å². The normalized spacial score (nSPS) is 32.9. The van der Waals surface area contributed by atoms with Crippen molar-refractivity contribution in [2.24, 2.45) is 5.92 Å². The molecule has 1 spiro atoms. The van der Waals surface area contributed by atoms with Gasteiger partial charge in [-0.25, -0.2) is 9.59 Å². The number of allylic oxidation sites excluding steroid dienone is 3. The SMILES string of the molecule is COc1cc2cc(c1Cl)N(C)C(=O)CC1(N[C@H]1C(=O)[C@H](C)N(C)C(=O)OCc1ccccc1)[C@@H]1O[C@H]1[C@H](C)[C@@H]1C[C@@](O)(NC(=O)O1)[C@H](O)/C=C/C=C(\C)C2. The summed E-state index contributed by atoms with van der Waals surface area (Å²) in [6, 6.07) is 10.9. The van der Waals surface area contributed by atoms with Crippen LogP contribution in [0.2, 0.25) is 5.02 Å². The number of benzene rings is 2. The molecule has 14 nitrogen and oxygen atoms in total. The maximum atomic E-state index is 14.2. The molecule has 2 aromatic carbocycles. The lowest BCUT2D eigenvalue weighted by Gasteiger charge is -2.40. The number of carbonyl (C=O) groups is 4.